The maximum atomic E-state index is 6.57. The first kappa shape index (κ1) is 21.5. The Morgan fingerprint density at radius 2 is 1.05 bits per heavy atom. The summed E-state index contributed by atoms with van der Waals surface area (Å²) >= 11 is 0. The highest BCUT2D eigenvalue weighted by Crippen LogP contribution is 2.30. The molecule has 0 N–H and O–H groups in total. The lowest BCUT2D eigenvalue weighted by molar-refractivity contribution is 0.250. The van der Waals surface area contributed by atoms with Crippen LogP contribution in [0, 0.1) is 6.58 Å². The molecular formula is C14H35O3Si4. The second kappa shape index (κ2) is 7.85. The van der Waals surface area contributed by atoms with Gasteiger partial charge in [-0.05, 0) is 71.8 Å². The van der Waals surface area contributed by atoms with Crippen LogP contribution in [0.15, 0.2) is 6.08 Å². The van der Waals surface area contributed by atoms with Crippen LogP contribution in [-0.4, -0.2) is 33.8 Å². The first-order chi connectivity index (χ1) is 9.18. The predicted octanol–water partition coefficient (Wildman–Crippen LogP) is 5.25. The van der Waals surface area contributed by atoms with Gasteiger partial charge >= 0.3 is 8.80 Å². The van der Waals surface area contributed by atoms with Crippen LogP contribution in [0.2, 0.25) is 65.0 Å². The molecule has 125 valence electrons. The summed E-state index contributed by atoms with van der Waals surface area (Å²) in [7, 11) is -7.84. The summed E-state index contributed by atoms with van der Waals surface area (Å²) in [5.41, 5.74) is 0. The smallest absolute Gasteiger partial charge is 0.417 e. The van der Waals surface area contributed by atoms with Crippen LogP contribution >= 0.6 is 0 Å². The van der Waals surface area contributed by atoms with E-state index in [0.29, 0.717) is 0 Å². The van der Waals surface area contributed by atoms with E-state index in [1.807, 2.05) is 0 Å². The van der Waals surface area contributed by atoms with Gasteiger partial charge in [0.15, 0.2) is 25.0 Å². The van der Waals surface area contributed by atoms with Crippen molar-refractivity contribution < 1.29 is 12.3 Å². The van der Waals surface area contributed by atoms with Crippen molar-refractivity contribution in [3.8, 4) is 0 Å². The predicted molar refractivity (Wildman–Crippen MR) is 102 cm³/mol. The van der Waals surface area contributed by atoms with Gasteiger partial charge in [0.25, 0.3) is 0 Å². The summed E-state index contributed by atoms with van der Waals surface area (Å²) < 4.78 is 19.7. The largest absolute Gasteiger partial charge is 0.469 e. The van der Waals surface area contributed by atoms with E-state index in [4.69, 9.17) is 18.9 Å². The van der Waals surface area contributed by atoms with Gasteiger partial charge in [0.2, 0.25) is 0 Å². The molecule has 1 radical (unpaired) electrons. The fourth-order valence-electron chi connectivity index (χ4n) is 2.05. The van der Waals surface area contributed by atoms with Crippen molar-refractivity contribution in [1.29, 1.82) is 0 Å². The molecule has 0 aromatic rings. The molecule has 0 saturated carbocycles. The third-order valence-corrected chi connectivity index (χ3v) is 14.3. The fourth-order valence-corrected chi connectivity index (χ4v) is 16.7. The zero-order chi connectivity index (χ0) is 16.9. The molecule has 0 bridgehead atoms. The lowest BCUT2D eigenvalue weighted by Gasteiger charge is -2.42. The molecule has 0 heterocycles. The summed E-state index contributed by atoms with van der Waals surface area (Å²) in [6, 6.07) is 0.875. The van der Waals surface area contributed by atoms with Crippen LogP contribution in [0.25, 0.3) is 0 Å². The summed E-state index contributed by atoms with van der Waals surface area (Å²) in [5.74, 6) is 0. The molecule has 0 atom stereocenters. The zero-order valence-corrected chi connectivity index (χ0v) is 19.5. The van der Waals surface area contributed by atoms with E-state index >= 15 is 0 Å². The molecule has 0 aromatic heterocycles. The lowest BCUT2D eigenvalue weighted by atomic mass is 10.3. The summed E-state index contributed by atoms with van der Waals surface area (Å²) in [6.07, 6.45) is 3.58. The molecule has 0 aliphatic carbocycles. The van der Waals surface area contributed by atoms with E-state index in [1.165, 1.54) is 0 Å². The van der Waals surface area contributed by atoms with Crippen molar-refractivity contribution in [1.82, 2.24) is 0 Å². The van der Waals surface area contributed by atoms with Gasteiger partial charge in [-0.3, -0.25) is 0 Å². The Hall–Kier alpha value is 0.488. The quantitative estimate of drug-likeness (QED) is 0.392. The minimum Gasteiger partial charge on any atom is -0.417 e. The first-order valence-electron chi connectivity index (χ1n) is 7.82. The van der Waals surface area contributed by atoms with Crippen LogP contribution in [0.1, 0.15) is 12.8 Å². The average molecular weight is 364 g/mol. The van der Waals surface area contributed by atoms with E-state index in [-0.39, 0.29) is 0 Å². The van der Waals surface area contributed by atoms with Crippen molar-refractivity contribution in [2.45, 2.75) is 77.8 Å². The maximum Gasteiger partial charge on any atom is 0.469 e. The molecule has 0 unspecified atom stereocenters. The Morgan fingerprint density at radius 1 is 0.714 bits per heavy atom. The normalized spacial score (nSPS) is 14.3. The summed E-state index contributed by atoms with van der Waals surface area (Å²) in [5, 5.41) is 0. The number of allylic oxidation sites excluding steroid dienone is 1. The van der Waals surface area contributed by atoms with Gasteiger partial charge in [0.1, 0.15) is 0 Å². The molecule has 0 aliphatic rings. The molecule has 0 fully saturated rings. The molecule has 0 aromatic carbocycles. The highest BCUT2D eigenvalue weighted by molar-refractivity contribution is 6.90. The number of rotatable bonds is 10. The Balaban J connectivity index is 5.40. The fraction of sp³-hybridized carbons (Fsp3) is 0.857. The highest BCUT2D eigenvalue weighted by Gasteiger charge is 2.49. The van der Waals surface area contributed by atoms with Gasteiger partial charge in [-0.1, -0.05) is 12.7 Å². The molecule has 3 nitrogen and oxygen atoms in total. The Labute approximate surface area is 136 Å². The first-order valence-corrected chi connectivity index (χ1v) is 20.0. The van der Waals surface area contributed by atoms with Crippen molar-refractivity contribution in [2.75, 3.05) is 0 Å². The Bertz CT molecular complexity index is 286. The van der Waals surface area contributed by atoms with E-state index in [2.05, 4.69) is 58.9 Å². The summed E-state index contributed by atoms with van der Waals surface area (Å²) in [4.78, 5) is 0. The van der Waals surface area contributed by atoms with E-state index in [1.54, 1.807) is 6.08 Å². The van der Waals surface area contributed by atoms with Gasteiger partial charge in [0, 0.05) is 6.04 Å². The van der Waals surface area contributed by atoms with Crippen LogP contribution in [0.5, 0.6) is 0 Å². The average Bonchev–Trinajstić information content (AvgIpc) is 2.08. The lowest BCUT2D eigenvalue weighted by Crippen LogP contribution is -2.60. The van der Waals surface area contributed by atoms with Crippen molar-refractivity contribution in [2.24, 2.45) is 0 Å². The molecule has 0 saturated heterocycles. The van der Waals surface area contributed by atoms with Crippen LogP contribution in [0.4, 0.5) is 0 Å². The third-order valence-electron chi connectivity index (χ3n) is 2.24. The third kappa shape index (κ3) is 11.7. The Morgan fingerprint density at radius 3 is 1.29 bits per heavy atom. The SMILES string of the molecule is [CH]=CCCC[Si](O[Si](C)(C)C)(O[Si](C)(C)C)O[Si](C)(C)C. The zero-order valence-electron chi connectivity index (χ0n) is 15.5. The van der Waals surface area contributed by atoms with Gasteiger partial charge in [-0.25, -0.2) is 0 Å². The van der Waals surface area contributed by atoms with Gasteiger partial charge in [-0.15, -0.1) is 0 Å². The second-order valence-corrected chi connectivity index (χ2v) is 25.4. The van der Waals surface area contributed by atoms with Crippen molar-refractivity contribution in [3.63, 3.8) is 0 Å². The van der Waals surface area contributed by atoms with Gasteiger partial charge in [0.05, 0.1) is 0 Å². The molecular weight excluding hydrogens is 328 g/mol. The number of hydrogen-bond acceptors (Lipinski definition) is 3. The molecule has 0 amide bonds. The van der Waals surface area contributed by atoms with Crippen molar-refractivity contribution >= 4 is 33.8 Å². The second-order valence-electron chi connectivity index (χ2n) is 8.45. The van der Waals surface area contributed by atoms with E-state index < -0.39 is 33.8 Å². The Kier molecular flexibility index (Phi) is 8.03. The minimum atomic E-state index is -2.63. The number of hydrogen-bond donors (Lipinski definition) is 0. The molecule has 7 heteroatoms. The van der Waals surface area contributed by atoms with E-state index in [0.717, 1.165) is 18.9 Å². The highest BCUT2D eigenvalue weighted by atomic mass is 28.5. The molecule has 0 spiro atoms. The maximum absolute atomic E-state index is 6.57. The van der Waals surface area contributed by atoms with Crippen molar-refractivity contribution in [3.05, 3.63) is 12.7 Å². The molecule has 0 rings (SSSR count). The van der Waals surface area contributed by atoms with E-state index in [9.17, 15) is 0 Å². The standard InChI is InChI=1S/C14H35O3Si4/c1-11-12-13-14-21(15-18(2,3)4,16-19(5,6)7)17-20(8,9)10/h1,11H,12-14H2,2-10H3. The van der Waals surface area contributed by atoms with Gasteiger partial charge < -0.3 is 12.3 Å². The molecule has 0 aliphatic heterocycles. The summed E-state index contributed by atoms with van der Waals surface area (Å²) in [6.45, 7) is 25.5. The van der Waals surface area contributed by atoms with Crippen LogP contribution in [0.3, 0.4) is 0 Å². The van der Waals surface area contributed by atoms with Gasteiger partial charge in [-0.2, -0.15) is 0 Å². The monoisotopic (exact) mass is 363 g/mol. The van der Waals surface area contributed by atoms with Crippen LogP contribution in [-0.2, 0) is 12.3 Å². The molecule has 21 heavy (non-hydrogen) atoms. The number of unbranched alkanes of at least 4 members (excludes halogenated alkanes) is 1. The topological polar surface area (TPSA) is 27.7 Å². The minimum absolute atomic E-state index is 0.875. The van der Waals surface area contributed by atoms with Crippen LogP contribution < -0.4 is 0 Å².